The van der Waals surface area contributed by atoms with Crippen LogP contribution in [-0.2, 0) is 4.79 Å². The normalized spacial score (nSPS) is 15.7. The molecule has 0 unspecified atom stereocenters. The first-order chi connectivity index (χ1) is 13.9. The van der Waals surface area contributed by atoms with Crippen molar-refractivity contribution in [1.82, 2.24) is 4.98 Å². The van der Waals surface area contributed by atoms with Crippen LogP contribution in [0.4, 0.5) is 5.13 Å². The number of benzene rings is 2. The van der Waals surface area contributed by atoms with Crippen LogP contribution in [0.2, 0.25) is 0 Å². The van der Waals surface area contributed by atoms with Crippen LogP contribution in [0.5, 0.6) is 11.5 Å². The number of ether oxygens (including phenoxy) is 2. The molecule has 2 aromatic carbocycles. The first-order valence-electron chi connectivity index (χ1n) is 9.79. The van der Waals surface area contributed by atoms with Crippen molar-refractivity contribution >= 4 is 32.6 Å². The molecule has 3 aromatic rings. The Labute approximate surface area is 174 Å². The van der Waals surface area contributed by atoms with Gasteiger partial charge in [-0.15, -0.1) is 0 Å². The Morgan fingerprint density at radius 2 is 2.00 bits per heavy atom. The second kappa shape index (κ2) is 8.00. The van der Waals surface area contributed by atoms with E-state index in [9.17, 15) is 4.79 Å². The Balaban J connectivity index is 1.65. The van der Waals surface area contributed by atoms with Gasteiger partial charge in [-0.2, -0.15) is 0 Å². The van der Waals surface area contributed by atoms with Gasteiger partial charge in [0.15, 0.2) is 16.6 Å². The smallest absolute Gasteiger partial charge is 0.273 e. The van der Waals surface area contributed by atoms with Gasteiger partial charge in [0.05, 0.1) is 37.4 Å². The van der Waals surface area contributed by atoms with Gasteiger partial charge in [0, 0.05) is 0 Å². The van der Waals surface area contributed by atoms with Crippen LogP contribution >= 0.6 is 11.3 Å². The molecular formula is C22H26N3O3S+. The van der Waals surface area contributed by atoms with Gasteiger partial charge >= 0.3 is 0 Å². The van der Waals surface area contributed by atoms with Gasteiger partial charge in [-0.3, -0.25) is 9.69 Å². The lowest BCUT2D eigenvalue weighted by Gasteiger charge is -2.29. The predicted molar refractivity (Wildman–Crippen MR) is 115 cm³/mol. The molecule has 0 radical (unpaired) electrons. The molecule has 0 fully saturated rings. The molecule has 1 amide bonds. The number of hydrogen-bond donors (Lipinski definition) is 1. The molecule has 1 atom stereocenters. The number of likely N-dealkylation sites (N-methyl/N-ethyl adjacent to an activating group) is 1. The zero-order chi connectivity index (χ0) is 20.5. The summed E-state index contributed by atoms with van der Waals surface area (Å²) in [6.45, 7) is 5.72. The van der Waals surface area contributed by atoms with E-state index in [1.807, 2.05) is 24.3 Å². The van der Waals surface area contributed by atoms with E-state index in [1.54, 1.807) is 16.2 Å². The maximum atomic E-state index is 13.4. The van der Waals surface area contributed by atoms with Crippen molar-refractivity contribution in [3.05, 3.63) is 47.5 Å². The number of aromatic nitrogens is 1. The Bertz CT molecular complexity index is 1050. The van der Waals surface area contributed by atoms with Gasteiger partial charge in [0.1, 0.15) is 6.61 Å². The molecule has 1 aliphatic rings. The molecule has 0 spiro atoms. The largest absolute Gasteiger partial charge is 0.485 e. The zero-order valence-electron chi connectivity index (χ0n) is 17.2. The average molecular weight is 413 g/mol. The third-order valence-electron chi connectivity index (χ3n) is 4.93. The van der Waals surface area contributed by atoms with E-state index in [0.29, 0.717) is 23.2 Å². The summed E-state index contributed by atoms with van der Waals surface area (Å²) in [6.07, 6.45) is -0.683. The Morgan fingerprint density at radius 1 is 1.24 bits per heavy atom. The summed E-state index contributed by atoms with van der Waals surface area (Å²) in [5, 5.41) is 0.711. The maximum Gasteiger partial charge on any atom is 0.273 e. The van der Waals surface area contributed by atoms with Crippen molar-refractivity contribution in [2.45, 2.75) is 20.0 Å². The lowest BCUT2D eigenvalue weighted by Crippen LogP contribution is -3.06. The highest BCUT2D eigenvalue weighted by molar-refractivity contribution is 7.22. The highest BCUT2D eigenvalue weighted by Gasteiger charge is 2.33. The summed E-state index contributed by atoms with van der Waals surface area (Å²) in [7, 11) is 4.15. The summed E-state index contributed by atoms with van der Waals surface area (Å²) in [5.41, 5.74) is 3.28. The van der Waals surface area contributed by atoms with Crippen LogP contribution in [0.15, 0.2) is 36.4 Å². The fraction of sp³-hybridized carbons (Fsp3) is 0.364. The van der Waals surface area contributed by atoms with Crippen molar-refractivity contribution in [1.29, 1.82) is 0 Å². The minimum absolute atomic E-state index is 0.116. The molecule has 1 N–H and O–H groups in total. The van der Waals surface area contributed by atoms with Gasteiger partial charge in [0.25, 0.3) is 5.91 Å². The van der Waals surface area contributed by atoms with Crippen LogP contribution in [0.3, 0.4) is 0 Å². The number of anilines is 1. The van der Waals surface area contributed by atoms with Crippen molar-refractivity contribution in [2.24, 2.45) is 0 Å². The van der Waals surface area contributed by atoms with E-state index in [4.69, 9.17) is 14.5 Å². The number of thiazole rings is 1. The number of nitrogens with one attached hydrogen (secondary N) is 1. The number of aryl methyl sites for hydroxylation is 2. The molecule has 0 saturated carbocycles. The molecule has 1 aliphatic heterocycles. The minimum atomic E-state index is -0.683. The minimum Gasteiger partial charge on any atom is -0.485 e. The monoisotopic (exact) mass is 412 g/mol. The third kappa shape index (κ3) is 4.06. The second-order valence-electron chi connectivity index (χ2n) is 7.74. The number of carbonyl (C=O) groups excluding carboxylic acids is 1. The van der Waals surface area contributed by atoms with Crippen molar-refractivity contribution in [2.75, 3.05) is 38.7 Å². The number of fused-ring (bicyclic) bond motifs is 2. The van der Waals surface area contributed by atoms with E-state index >= 15 is 0 Å². The highest BCUT2D eigenvalue weighted by atomic mass is 32.1. The van der Waals surface area contributed by atoms with Gasteiger partial charge in [-0.25, -0.2) is 4.98 Å². The van der Waals surface area contributed by atoms with Crippen molar-refractivity contribution < 1.29 is 19.2 Å². The quantitative estimate of drug-likeness (QED) is 0.698. The number of hydrogen-bond acceptors (Lipinski definition) is 5. The van der Waals surface area contributed by atoms with E-state index in [0.717, 1.165) is 22.3 Å². The molecule has 4 rings (SSSR count). The van der Waals surface area contributed by atoms with Gasteiger partial charge in [-0.1, -0.05) is 29.5 Å². The van der Waals surface area contributed by atoms with Gasteiger partial charge in [-0.05, 0) is 43.2 Å². The van der Waals surface area contributed by atoms with Crippen molar-refractivity contribution in [3.8, 4) is 11.5 Å². The topological polar surface area (TPSA) is 56.1 Å². The van der Waals surface area contributed by atoms with Crippen LogP contribution in [-0.4, -0.2) is 50.8 Å². The molecule has 7 heteroatoms. The zero-order valence-corrected chi connectivity index (χ0v) is 18.0. The number of quaternary nitrogens is 1. The standard InChI is InChI=1S/C22H25N3O3S/c1-14-11-15(2)20-19(12-14)29-22(23-20)25(10-9-24(3)4)21(26)18-13-27-16-7-5-6-8-17(16)28-18/h5-8,11-12,18H,9-10,13H2,1-4H3/p+1/t18-/m1/s1. The van der Waals surface area contributed by atoms with Gasteiger partial charge in [0.2, 0.25) is 6.10 Å². The first-order valence-corrected chi connectivity index (χ1v) is 10.6. The van der Waals surface area contributed by atoms with E-state index in [2.05, 4.69) is 40.1 Å². The molecule has 29 heavy (non-hydrogen) atoms. The Hall–Kier alpha value is -2.64. The fourth-order valence-electron chi connectivity index (χ4n) is 3.42. The summed E-state index contributed by atoms with van der Waals surface area (Å²) in [4.78, 5) is 21.3. The molecule has 6 nitrogen and oxygen atoms in total. The number of carbonyl (C=O) groups is 1. The SMILES string of the molecule is Cc1cc(C)c2nc(N(CC[NH+](C)C)C(=O)[C@H]3COc4ccccc4O3)sc2c1. The van der Waals surface area contributed by atoms with Crippen LogP contribution in [0.25, 0.3) is 10.2 Å². The van der Waals surface area contributed by atoms with Crippen LogP contribution < -0.4 is 19.3 Å². The Kier molecular flexibility index (Phi) is 5.43. The number of para-hydroxylation sites is 2. The number of rotatable bonds is 5. The molecule has 1 aromatic heterocycles. The molecular weight excluding hydrogens is 386 g/mol. The first kappa shape index (κ1) is 19.7. The molecule has 0 saturated heterocycles. The van der Waals surface area contributed by atoms with Crippen molar-refractivity contribution in [3.63, 3.8) is 0 Å². The van der Waals surface area contributed by atoms with E-state index in [-0.39, 0.29) is 12.5 Å². The maximum absolute atomic E-state index is 13.4. The summed E-state index contributed by atoms with van der Waals surface area (Å²) in [5.74, 6) is 1.16. The Morgan fingerprint density at radius 3 is 2.76 bits per heavy atom. The lowest BCUT2D eigenvalue weighted by atomic mass is 10.1. The molecule has 0 aliphatic carbocycles. The third-order valence-corrected chi connectivity index (χ3v) is 5.96. The molecule has 2 heterocycles. The predicted octanol–water partition coefficient (Wildman–Crippen LogP) is 2.23. The molecule has 152 valence electrons. The summed E-state index contributed by atoms with van der Waals surface area (Å²) < 4.78 is 12.8. The van der Waals surface area contributed by atoms with Crippen LogP contribution in [0, 0.1) is 13.8 Å². The number of amides is 1. The van der Waals surface area contributed by atoms with E-state index in [1.165, 1.54) is 10.5 Å². The highest BCUT2D eigenvalue weighted by Crippen LogP contribution is 2.34. The number of nitrogens with zero attached hydrogens (tertiary/aromatic N) is 2. The average Bonchev–Trinajstić information content (AvgIpc) is 3.11. The summed E-state index contributed by atoms with van der Waals surface area (Å²) in [6, 6.07) is 11.7. The molecule has 0 bridgehead atoms. The van der Waals surface area contributed by atoms with E-state index < -0.39 is 6.10 Å². The summed E-state index contributed by atoms with van der Waals surface area (Å²) >= 11 is 1.55. The van der Waals surface area contributed by atoms with Crippen LogP contribution in [0.1, 0.15) is 11.1 Å². The fourth-order valence-corrected chi connectivity index (χ4v) is 4.60. The second-order valence-corrected chi connectivity index (χ2v) is 8.75. The van der Waals surface area contributed by atoms with Gasteiger partial charge < -0.3 is 14.4 Å². The lowest BCUT2D eigenvalue weighted by molar-refractivity contribution is -0.856.